The predicted molar refractivity (Wildman–Crippen MR) is 184 cm³/mol. The van der Waals surface area contributed by atoms with E-state index in [4.69, 9.17) is 9.97 Å². The molecule has 6 aromatic rings. The van der Waals surface area contributed by atoms with Crippen molar-refractivity contribution in [2.24, 2.45) is 5.92 Å². The summed E-state index contributed by atoms with van der Waals surface area (Å²) >= 11 is 0. The molecule has 0 saturated heterocycles. The molecule has 0 unspecified atom stereocenters. The number of halogens is 1. The smallest absolute Gasteiger partial charge is 0.224 e. The first-order valence-corrected chi connectivity index (χ1v) is 16.2. The number of H-pyrrole nitrogens is 2. The maximum absolute atomic E-state index is 14.7. The van der Waals surface area contributed by atoms with Gasteiger partial charge in [0.1, 0.15) is 11.3 Å². The van der Waals surface area contributed by atoms with E-state index in [1.165, 1.54) is 31.4 Å². The van der Waals surface area contributed by atoms with Gasteiger partial charge in [0.05, 0.1) is 34.1 Å². The minimum Gasteiger partial charge on any atom is -0.384 e. The lowest BCUT2D eigenvalue weighted by molar-refractivity contribution is -0.117. The maximum Gasteiger partial charge on any atom is 0.224 e. The SMILES string of the molecule is CN(C)CCNc1cc(F)cc(-c2cccc3[nH]c(-c4n[nH]c5ccc(-c6cncc(NC(=O)CC7CCCCC7)c6)nc45)nc23)c1. The number of pyridine rings is 2. The van der Waals surface area contributed by atoms with Crippen molar-refractivity contribution in [3.8, 4) is 33.9 Å². The molecule has 4 heterocycles. The van der Waals surface area contributed by atoms with E-state index >= 15 is 0 Å². The van der Waals surface area contributed by atoms with E-state index in [0.717, 1.165) is 47.1 Å². The highest BCUT2D eigenvalue weighted by Crippen LogP contribution is 2.34. The molecule has 10 nitrogen and oxygen atoms in total. The number of carbonyl (C=O) groups is 1. The Morgan fingerprint density at radius 2 is 1.79 bits per heavy atom. The molecule has 1 aliphatic rings. The number of nitrogens with zero attached hydrogens (tertiary/aromatic N) is 5. The number of nitrogens with one attached hydrogen (secondary N) is 4. The zero-order chi connectivity index (χ0) is 32.3. The van der Waals surface area contributed by atoms with Crippen LogP contribution in [0, 0.1) is 11.7 Å². The second kappa shape index (κ2) is 13.3. The number of anilines is 2. The Bertz CT molecular complexity index is 2040. The van der Waals surface area contributed by atoms with E-state index in [2.05, 4.69) is 35.7 Å². The molecule has 4 aromatic heterocycles. The summed E-state index contributed by atoms with van der Waals surface area (Å²) in [4.78, 5) is 32.5. The Kier molecular flexibility index (Phi) is 8.62. The quantitative estimate of drug-likeness (QED) is 0.125. The average Bonchev–Trinajstić information content (AvgIpc) is 3.69. The van der Waals surface area contributed by atoms with Gasteiger partial charge in [-0.1, -0.05) is 31.4 Å². The van der Waals surface area contributed by atoms with E-state index in [0.29, 0.717) is 58.5 Å². The summed E-state index contributed by atoms with van der Waals surface area (Å²) in [5, 5.41) is 14.0. The van der Waals surface area contributed by atoms with Crippen molar-refractivity contribution >= 4 is 39.3 Å². The van der Waals surface area contributed by atoms with Crippen LogP contribution in [0.5, 0.6) is 0 Å². The molecule has 2 aromatic carbocycles. The van der Waals surface area contributed by atoms with Crippen molar-refractivity contribution < 1.29 is 9.18 Å². The van der Waals surface area contributed by atoms with Gasteiger partial charge in [-0.25, -0.2) is 14.4 Å². The third kappa shape index (κ3) is 6.85. The van der Waals surface area contributed by atoms with Crippen LogP contribution >= 0.6 is 0 Å². The zero-order valence-electron chi connectivity index (χ0n) is 26.6. The van der Waals surface area contributed by atoms with Crippen LogP contribution in [0.3, 0.4) is 0 Å². The molecule has 240 valence electrons. The largest absolute Gasteiger partial charge is 0.384 e. The van der Waals surface area contributed by atoms with Crippen molar-refractivity contribution in [2.45, 2.75) is 38.5 Å². The summed E-state index contributed by atoms with van der Waals surface area (Å²) in [5.41, 5.74) is 7.86. The maximum atomic E-state index is 14.7. The highest BCUT2D eigenvalue weighted by Gasteiger charge is 2.19. The molecule has 1 amide bonds. The fourth-order valence-corrected chi connectivity index (χ4v) is 6.39. The Morgan fingerprint density at radius 1 is 0.936 bits per heavy atom. The number of aromatic nitrogens is 6. The van der Waals surface area contributed by atoms with Gasteiger partial charge in [-0.15, -0.1) is 0 Å². The molecule has 47 heavy (non-hydrogen) atoms. The molecule has 0 aliphatic heterocycles. The lowest BCUT2D eigenvalue weighted by atomic mass is 9.87. The molecule has 11 heteroatoms. The van der Waals surface area contributed by atoms with Crippen molar-refractivity contribution in [2.75, 3.05) is 37.8 Å². The minimum atomic E-state index is -0.319. The predicted octanol–water partition coefficient (Wildman–Crippen LogP) is 7.25. The number of para-hydroxylation sites is 1. The van der Waals surface area contributed by atoms with Crippen LogP contribution in [0.25, 0.3) is 56.0 Å². The normalized spacial score (nSPS) is 13.9. The number of hydrogen-bond acceptors (Lipinski definition) is 7. The van der Waals surface area contributed by atoms with Crippen LogP contribution in [-0.2, 0) is 4.79 Å². The summed E-state index contributed by atoms with van der Waals surface area (Å²) in [6.07, 6.45) is 9.86. The fraction of sp³-hybridized carbons (Fsp3) is 0.306. The van der Waals surface area contributed by atoms with E-state index < -0.39 is 0 Å². The average molecular weight is 632 g/mol. The monoisotopic (exact) mass is 631 g/mol. The highest BCUT2D eigenvalue weighted by molar-refractivity contribution is 5.97. The Labute approximate surface area is 272 Å². The number of hydrogen-bond donors (Lipinski definition) is 4. The van der Waals surface area contributed by atoms with E-state index in [-0.39, 0.29) is 11.7 Å². The van der Waals surface area contributed by atoms with Crippen molar-refractivity contribution in [3.05, 3.63) is 72.8 Å². The van der Waals surface area contributed by atoms with Gasteiger partial charge in [0.25, 0.3) is 0 Å². The molecule has 0 spiro atoms. The van der Waals surface area contributed by atoms with Gasteiger partial charge < -0.3 is 20.5 Å². The summed E-state index contributed by atoms with van der Waals surface area (Å²) < 4.78 is 14.7. The van der Waals surface area contributed by atoms with Crippen molar-refractivity contribution in [1.82, 2.24) is 35.0 Å². The molecule has 7 rings (SSSR count). The topological polar surface area (TPSA) is 128 Å². The van der Waals surface area contributed by atoms with Crippen LogP contribution in [0.2, 0.25) is 0 Å². The summed E-state index contributed by atoms with van der Waals surface area (Å²) in [6, 6.07) is 16.5. The number of amides is 1. The number of carbonyl (C=O) groups excluding carboxylic acids is 1. The molecule has 0 atom stereocenters. The summed E-state index contributed by atoms with van der Waals surface area (Å²) in [6.45, 7) is 1.53. The molecule has 1 saturated carbocycles. The van der Waals surface area contributed by atoms with Gasteiger partial charge in [0.2, 0.25) is 5.91 Å². The lowest BCUT2D eigenvalue weighted by Crippen LogP contribution is -2.20. The number of fused-ring (bicyclic) bond motifs is 2. The van der Waals surface area contributed by atoms with Crippen LogP contribution in [0.15, 0.2) is 67.0 Å². The zero-order valence-corrected chi connectivity index (χ0v) is 26.6. The number of benzene rings is 2. The fourth-order valence-electron chi connectivity index (χ4n) is 6.39. The minimum absolute atomic E-state index is 0.0238. The molecule has 4 N–H and O–H groups in total. The Morgan fingerprint density at radius 3 is 2.64 bits per heavy atom. The van der Waals surface area contributed by atoms with Gasteiger partial charge in [0, 0.05) is 42.5 Å². The highest BCUT2D eigenvalue weighted by atomic mass is 19.1. The van der Waals surface area contributed by atoms with Gasteiger partial charge in [-0.3, -0.25) is 14.9 Å². The van der Waals surface area contributed by atoms with Crippen LogP contribution in [0.4, 0.5) is 15.8 Å². The second-order valence-corrected chi connectivity index (χ2v) is 12.6. The first-order chi connectivity index (χ1) is 22.9. The summed E-state index contributed by atoms with van der Waals surface area (Å²) in [7, 11) is 4.01. The number of aromatic amines is 2. The Balaban J connectivity index is 1.16. The summed E-state index contributed by atoms with van der Waals surface area (Å²) in [5.74, 6) is 0.709. The number of rotatable bonds is 10. The van der Waals surface area contributed by atoms with Crippen molar-refractivity contribution in [1.29, 1.82) is 0 Å². The lowest BCUT2D eigenvalue weighted by Gasteiger charge is -2.20. The van der Waals surface area contributed by atoms with Gasteiger partial charge in [0.15, 0.2) is 11.5 Å². The van der Waals surface area contributed by atoms with E-state index in [9.17, 15) is 9.18 Å². The second-order valence-electron chi connectivity index (χ2n) is 12.6. The third-order valence-electron chi connectivity index (χ3n) is 8.76. The van der Waals surface area contributed by atoms with Gasteiger partial charge >= 0.3 is 0 Å². The first-order valence-electron chi connectivity index (χ1n) is 16.2. The number of likely N-dealkylation sites (N-methyl/N-ethyl adjacent to an activating group) is 1. The Hall–Kier alpha value is -5.16. The van der Waals surface area contributed by atoms with E-state index in [1.54, 1.807) is 12.4 Å². The third-order valence-corrected chi connectivity index (χ3v) is 8.76. The van der Waals surface area contributed by atoms with Crippen LogP contribution < -0.4 is 10.6 Å². The van der Waals surface area contributed by atoms with Gasteiger partial charge in [-0.05, 0) is 80.9 Å². The molecular formula is C36H38FN9O. The molecule has 0 bridgehead atoms. The molecule has 0 radical (unpaired) electrons. The first kappa shape index (κ1) is 30.5. The van der Waals surface area contributed by atoms with E-state index in [1.807, 2.05) is 56.6 Å². The molecule has 1 aliphatic carbocycles. The molecule has 1 fully saturated rings. The van der Waals surface area contributed by atoms with Crippen LogP contribution in [0.1, 0.15) is 38.5 Å². The standard InChI is InChI=1S/C36H38FN9O/c1-46(2)14-13-39-26-17-23(16-25(37)19-26)28-9-6-10-30-33(28)43-36(42-30)35-34-31(44-45-35)12-11-29(41-34)24-18-27(21-38-20-24)40-32(47)15-22-7-4-3-5-8-22/h6,9-12,16-22,39H,3-5,7-8,13-15H2,1-2H3,(H,40,47)(H,42,43)(H,44,45). The van der Waals surface area contributed by atoms with Crippen molar-refractivity contribution in [3.63, 3.8) is 0 Å². The van der Waals surface area contributed by atoms with Gasteiger partial charge in [-0.2, -0.15) is 5.10 Å². The van der Waals surface area contributed by atoms with Crippen LogP contribution in [-0.4, -0.2) is 68.1 Å². The number of imidazole rings is 1. The molecular weight excluding hydrogens is 593 g/mol.